The van der Waals surface area contributed by atoms with E-state index in [4.69, 9.17) is 8.83 Å². The number of furan rings is 2. The molecular formula is C63H40O2. The average Bonchev–Trinajstić information content (AvgIpc) is 3.99. The van der Waals surface area contributed by atoms with E-state index in [2.05, 4.69) is 208 Å². The molecule has 14 rings (SSSR count). The highest BCUT2D eigenvalue weighted by molar-refractivity contribution is 6.23. The van der Waals surface area contributed by atoms with Crippen LogP contribution in [0.1, 0.15) is 25.0 Å². The molecule has 0 radical (unpaired) electrons. The zero-order valence-electron chi connectivity index (χ0n) is 35.9. The number of hydrogen-bond acceptors (Lipinski definition) is 2. The highest BCUT2D eigenvalue weighted by Crippen LogP contribution is 2.53. The largest absolute Gasteiger partial charge is 0.456 e. The summed E-state index contributed by atoms with van der Waals surface area (Å²) in [7, 11) is 0. The average molecular weight is 829 g/mol. The van der Waals surface area contributed by atoms with E-state index in [0.29, 0.717) is 0 Å². The summed E-state index contributed by atoms with van der Waals surface area (Å²) in [5, 5.41) is 12.0. The lowest BCUT2D eigenvalue weighted by molar-refractivity contribution is 0.661. The number of hydrogen-bond donors (Lipinski definition) is 0. The minimum absolute atomic E-state index is 0.0739. The molecule has 0 amide bonds. The minimum Gasteiger partial charge on any atom is -0.456 e. The van der Waals surface area contributed by atoms with Gasteiger partial charge >= 0.3 is 0 Å². The molecule has 2 heterocycles. The lowest BCUT2D eigenvalue weighted by atomic mass is 9.82. The van der Waals surface area contributed by atoms with Gasteiger partial charge in [0.2, 0.25) is 0 Å². The van der Waals surface area contributed by atoms with E-state index in [1.54, 1.807) is 0 Å². The third kappa shape index (κ3) is 5.23. The van der Waals surface area contributed by atoms with Crippen LogP contribution in [0, 0.1) is 0 Å². The van der Waals surface area contributed by atoms with E-state index in [1.165, 1.54) is 93.5 Å². The first kappa shape index (κ1) is 36.3. The number of para-hydroxylation sites is 1. The zero-order chi connectivity index (χ0) is 43.0. The molecule has 13 aromatic rings. The van der Waals surface area contributed by atoms with Gasteiger partial charge in [0, 0.05) is 27.0 Å². The van der Waals surface area contributed by atoms with Crippen LogP contribution >= 0.6 is 0 Å². The summed E-state index contributed by atoms with van der Waals surface area (Å²) in [6.07, 6.45) is 0. The molecule has 1 aliphatic carbocycles. The van der Waals surface area contributed by atoms with Gasteiger partial charge in [-0.15, -0.1) is 0 Å². The van der Waals surface area contributed by atoms with Gasteiger partial charge in [-0.25, -0.2) is 0 Å². The van der Waals surface area contributed by atoms with Crippen LogP contribution in [0.4, 0.5) is 0 Å². The maximum atomic E-state index is 6.58. The predicted octanol–water partition coefficient (Wildman–Crippen LogP) is 17.9. The first-order chi connectivity index (χ1) is 32.0. The van der Waals surface area contributed by atoms with Crippen LogP contribution in [0.25, 0.3) is 132 Å². The van der Waals surface area contributed by atoms with Crippen LogP contribution in [-0.4, -0.2) is 0 Å². The molecule has 65 heavy (non-hydrogen) atoms. The van der Waals surface area contributed by atoms with E-state index >= 15 is 0 Å². The van der Waals surface area contributed by atoms with Gasteiger partial charge in [-0.05, 0) is 148 Å². The van der Waals surface area contributed by atoms with Crippen molar-refractivity contribution in [3.05, 3.63) is 217 Å². The summed E-state index contributed by atoms with van der Waals surface area (Å²) in [4.78, 5) is 0. The maximum absolute atomic E-state index is 6.58. The Morgan fingerprint density at radius 2 is 0.738 bits per heavy atom. The molecular weight excluding hydrogens is 789 g/mol. The number of rotatable bonds is 4. The first-order valence-electron chi connectivity index (χ1n) is 22.6. The lowest BCUT2D eigenvalue weighted by Gasteiger charge is -2.21. The number of benzene rings is 11. The molecule has 0 N–H and O–H groups in total. The van der Waals surface area contributed by atoms with Crippen molar-refractivity contribution >= 4 is 76.2 Å². The van der Waals surface area contributed by atoms with Crippen molar-refractivity contribution in [2.24, 2.45) is 0 Å². The quantitative estimate of drug-likeness (QED) is 0.165. The van der Waals surface area contributed by atoms with Crippen LogP contribution in [0.15, 0.2) is 215 Å². The minimum atomic E-state index is -0.0739. The molecule has 0 bridgehead atoms. The smallest absolute Gasteiger partial charge is 0.135 e. The van der Waals surface area contributed by atoms with E-state index in [0.717, 1.165) is 49.4 Å². The van der Waals surface area contributed by atoms with Crippen molar-refractivity contribution in [2.75, 3.05) is 0 Å². The van der Waals surface area contributed by atoms with E-state index in [1.807, 2.05) is 12.1 Å². The van der Waals surface area contributed by atoms with E-state index < -0.39 is 0 Å². The van der Waals surface area contributed by atoms with Crippen LogP contribution in [0.2, 0.25) is 0 Å². The fourth-order valence-electron chi connectivity index (χ4n) is 11.4. The van der Waals surface area contributed by atoms with Gasteiger partial charge in [-0.3, -0.25) is 0 Å². The molecule has 0 saturated carbocycles. The van der Waals surface area contributed by atoms with Crippen molar-refractivity contribution in [3.63, 3.8) is 0 Å². The van der Waals surface area contributed by atoms with Gasteiger partial charge < -0.3 is 8.83 Å². The molecule has 0 spiro atoms. The second kappa shape index (κ2) is 13.4. The third-order valence-electron chi connectivity index (χ3n) is 14.5. The summed E-state index contributed by atoms with van der Waals surface area (Å²) >= 11 is 0. The topological polar surface area (TPSA) is 26.3 Å². The molecule has 2 aromatic heterocycles. The molecule has 0 fully saturated rings. The fraction of sp³-hybridized carbons (Fsp3) is 0.0476. The normalized spacial score (nSPS) is 13.2. The first-order valence-corrected chi connectivity index (χ1v) is 22.6. The van der Waals surface area contributed by atoms with Crippen LogP contribution in [0.5, 0.6) is 0 Å². The second-order valence-corrected chi connectivity index (χ2v) is 18.3. The Morgan fingerprint density at radius 3 is 1.45 bits per heavy atom. The number of fused-ring (bicyclic) bond motifs is 13. The Hall–Kier alpha value is -8.20. The monoisotopic (exact) mass is 828 g/mol. The van der Waals surface area contributed by atoms with Gasteiger partial charge in [0.15, 0.2) is 0 Å². The second-order valence-electron chi connectivity index (χ2n) is 18.3. The predicted molar refractivity (Wildman–Crippen MR) is 273 cm³/mol. The molecule has 2 heteroatoms. The van der Waals surface area contributed by atoms with Crippen LogP contribution < -0.4 is 0 Å². The molecule has 0 unspecified atom stereocenters. The van der Waals surface area contributed by atoms with Crippen molar-refractivity contribution in [3.8, 4) is 55.6 Å². The van der Waals surface area contributed by atoms with Crippen molar-refractivity contribution in [2.45, 2.75) is 19.3 Å². The SMILES string of the molecule is CC1(C)c2ccc(-c3ccc4oc5ccc(-c6c7ccccc7c(-c7ccccc7-c7ccc8oc9ccccc9c8c7)c7ccccc67)cc5c4c3)cc2-c2c1ccc1ccccc21. The van der Waals surface area contributed by atoms with Gasteiger partial charge in [0.05, 0.1) is 0 Å². The Morgan fingerprint density at radius 1 is 0.277 bits per heavy atom. The standard InChI is InChI=1S/C63H40O2/c1-63(2)54-28-24-38(34-53(54)62-43-15-4-3-13-37(43)23-29-55(62)63)39-25-30-58-51(33-39)52-36-41(27-32-59(52)65-58)60-46-18-7-9-20-48(46)61(49-21-10-8-19-47(49)60)45-17-6-5-14-42(45)40-26-31-57-50(35-40)44-16-11-12-22-56(44)64-57/h3-36H,1-2H3. The summed E-state index contributed by atoms with van der Waals surface area (Å²) in [6, 6.07) is 75.5. The molecule has 0 saturated heterocycles. The van der Waals surface area contributed by atoms with Gasteiger partial charge in [0.25, 0.3) is 0 Å². The summed E-state index contributed by atoms with van der Waals surface area (Å²) in [5.74, 6) is 0. The lowest BCUT2D eigenvalue weighted by Crippen LogP contribution is -2.14. The molecule has 2 nitrogen and oxygen atoms in total. The highest BCUT2D eigenvalue weighted by Gasteiger charge is 2.36. The third-order valence-corrected chi connectivity index (χ3v) is 14.5. The maximum Gasteiger partial charge on any atom is 0.135 e. The molecule has 0 atom stereocenters. The highest BCUT2D eigenvalue weighted by atomic mass is 16.3. The van der Waals surface area contributed by atoms with E-state index in [9.17, 15) is 0 Å². The molecule has 1 aliphatic rings. The van der Waals surface area contributed by atoms with Gasteiger partial charge in [0.1, 0.15) is 22.3 Å². The summed E-state index contributed by atoms with van der Waals surface area (Å²) < 4.78 is 12.8. The van der Waals surface area contributed by atoms with Crippen molar-refractivity contribution in [1.82, 2.24) is 0 Å². The molecule has 11 aromatic carbocycles. The molecule has 304 valence electrons. The van der Waals surface area contributed by atoms with Gasteiger partial charge in [-0.1, -0.05) is 172 Å². The summed E-state index contributed by atoms with van der Waals surface area (Å²) in [6.45, 7) is 4.72. The Balaban J connectivity index is 0.934. The fourth-order valence-corrected chi connectivity index (χ4v) is 11.4. The molecule has 0 aliphatic heterocycles. The van der Waals surface area contributed by atoms with E-state index in [-0.39, 0.29) is 5.41 Å². The van der Waals surface area contributed by atoms with Crippen molar-refractivity contribution < 1.29 is 8.83 Å². The zero-order valence-corrected chi connectivity index (χ0v) is 35.9. The Bertz CT molecular complexity index is 4100. The van der Waals surface area contributed by atoms with Crippen LogP contribution in [-0.2, 0) is 5.41 Å². The Kier molecular flexibility index (Phi) is 7.49. The van der Waals surface area contributed by atoms with Crippen molar-refractivity contribution in [1.29, 1.82) is 0 Å². The van der Waals surface area contributed by atoms with Gasteiger partial charge in [-0.2, -0.15) is 0 Å². The van der Waals surface area contributed by atoms with Crippen LogP contribution in [0.3, 0.4) is 0 Å². The summed E-state index contributed by atoms with van der Waals surface area (Å²) in [5.41, 5.74) is 18.6. The Labute approximate surface area is 375 Å².